The van der Waals surface area contributed by atoms with Gasteiger partial charge in [0.15, 0.2) is 0 Å². The number of hydrogen-bond donors (Lipinski definition) is 2. The molecule has 0 aliphatic rings. The summed E-state index contributed by atoms with van der Waals surface area (Å²) in [5.74, 6) is 0. The number of nitrogen functional groups attached to an aromatic ring is 1. The number of nitrogens with two attached hydrogens (primary N) is 1. The molecule has 0 saturated carbocycles. The number of pyridine rings is 1. The van der Waals surface area contributed by atoms with Crippen LogP contribution in [0.25, 0.3) is 10.8 Å². The molecule has 0 radical (unpaired) electrons. The first kappa shape index (κ1) is 18.5. The Morgan fingerprint density at radius 1 is 1.04 bits per heavy atom. The molecule has 1 heterocycles. The quantitative estimate of drug-likeness (QED) is 0.325. The molecule has 3 N–H and O–H groups in total. The fourth-order valence-electron chi connectivity index (χ4n) is 2.17. The summed E-state index contributed by atoms with van der Waals surface area (Å²) in [6, 6.07) is 11.2. The summed E-state index contributed by atoms with van der Waals surface area (Å²) in [6.45, 7) is 0. The summed E-state index contributed by atoms with van der Waals surface area (Å²) in [6.07, 6.45) is 3.10. The van der Waals surface area contributed by atoms with E-state index in [2.05, 4.69) is 15.2 Å². The topological polar surface area (TPSA) is 118 Å². The zero-order chi connectivity index (χ0) is 16.4. The number of hydrogen-bond acceptors (Lipinski definition) is 6. The van der Waals surface area contributed by atoms with Crippen LogP contribution < -0.4 is 5.73 Å². The Labute approximate surface area is 160 Å². The van der Waals surface area contributed by atoms with E-state index >= 15 is 0 Å². The van der Waals surface area contributed by atoms with Crippen molar-refractivity contribution in [1.29, 1.82) is 0 Å². The summed E-state index contributed by atoms with van der Waals surface area (Å²) < 4.78 is 32.7. The van der Waals surface area contributed by atoms with Gasteiger partial charge in [0.05, 0.1) is 11.9 Å². The maximum absolute atomic E-state index is 11.6. The van der Waals surface area contributed by atoms with E-state index in [9.17, 15) is 13.0 Å². The van der Waals surface area contributed by atoms with E-state index in [-0.39, 0.29) is 45.8 Å². The summed E-state index contributed by atoms with van der Waals surface area (Å²) in [5.41, 5.74) is 6.97. The molecule has 2 aromatic carbocycles. The van der Waals surface area contributed by atoms with Gasteiger partial charge < -0.3 is 5.73 Å². The van der Waals surface area contributed by atoms with Gasteiger partial charge in [0.25, 0.3) is 10.1 Å². The molecule has 7 nitrogen and oxygen atoms in total. The van der Waals surface area contributed by atoms with Crippen molar-refractivity contribution in [1.82, 2.24) is 4.98 Å². The molecule has 0 unspecified atom stereocenters. The van der Waals surface area contributed by atoms with Crippen LogP contribution in [-0.2, 0) is 10.1 Å². The third-order valence-corrected chi connectivity index (χ3v) is 4.12. The Kier molecular flexibility index (Phi) is 5.68. The van der Waals surface area contributed by atoms with Crippen molar-refractivity contribution in [2.75, 3.05) is 5.73 Å². The van der Waals surface area contributed by atoms with Crippen molar-refractivity contribution in [3.63, 3.8) is 0 Å². The van der Waals surface area contributed by atoms with Crippen LogP contribution in [0, 0.1) is 0 Å². The van der Waals surface area contributed by atoms with Gasteiger partial charge in [0, 0.05) is 17.0 Å². The zero-order valence-electron chi connectivity index (χ0n) is 11.8. The molecule has 24 heavy (non-hydrogen) atoms. The minimum atomic E-state index is -4.42. The second kappa shape index (κ2) is 7.37. The van der Waals surface area contributed by atoms with Gasteiger partial charge in [-0.1, -0.05) is 24.3 Å². The van der Waals surface area contributed by atoms with Crippen LogP contribution in [0.5, 0.6) is 0 Å². The molecular formula is C15H13N4NaO3S. The number of aromatic nitrogens is 1. The van der Waals surface area contributed by atoms with E-state index in [0.717, 1.165) is 0 Å². The second-order valence-corrected chi connectivity index (χ2v) is 6.13. The maximum atomic E-state index is 11.6. The van der Waals surface area contributed by atoms with Gasteiger partial charge in [0.2, 0.25) is 0 Å². The molecule has 0 aliphatic carbocycles. The third-order valence-electron chi connectivity index (χ3n) is 3.22. The molecule has 0 saturated heterocycles. The van der Waals surface area contributed by atoms with Crippen LogP contribution >= 0.6 is 0 Å². The number of fused-ring (bicyclic) bond motifs is 1. The number of benzene rings is 2. The number of nitrogens with zero attached hydrogens (tertiary/aromatic N) is 3. The average molecular weight is 352 g/mol. The predicted molar refractivity (Wildman–Crippen MR) is 93.7 cm³/mol. The van der Waals surface area contributed by atoms with E-state index in [4.69, 9.17) is 5.73 Å². The molecule has 0 aliphatic heterocycles. The fourth-order valence-corrected chi connectivity index (χ4v) is 2.89. The molecular weight excluding hydrogens is 339 g/mol. The van der Waals surface area contributed by atoms with Crippen LogP contribution in [0.4, 0.5) is 17.1 Å². The van der Waals surface area contributed by atoms with E-state index < -0.39 is 10.1 Å². The van der Waals surface area contributed by atoms with Crippen molar-refractivity contribution < 1.29 is 13.0 Å². The number of anilines is 1. The Morgan fingerprint density at radius 2 is 1.75 bits per heavy atom. The predicted octanol–water partition coefficient (Wildman–Crippen LogP) is 2.83. The van der Waals surface area contributed by atoms with Gasteiger partial charge in [-0.15, -0.1) is 10.2 Å². The van der Waals surface area contributed by atoms with Crippen molar-refractivity contribution in [3.8, 4) is 0 Å². The molecule has 0 bridgehead atoms. The molecule has 9 heteroatoms. The Hall–Kier alpha value is -1.84. The van der Waals surface area contributed by atoms with Crippen LogP contribution in [0.1, 0.15) is 0 Å². The summed E-state index contributed by atoms with van der Waals surface area (Å²) in [4.78, 5) is 3.64. The van der Waals surface area contributed by atoms with Gasteiger partial charge in [0.1, 0.15) is 16.3 Å². The summed E-state index contributed by atoms with van der Waals surface area (Å²) >= 11 is 0. The molecule has 0 amide bonds. The van der Waals surface area contributed by atoms with Crippen LogP contribution in [0.2, 0.25) is 0 Å². The third kappa shape index (κ3) is 3.80. The molecule has 0 fully saturated rings. The fraction of sp³-hybridized carbons (Fsp3) is 0. The van der Waals surface area contributed by atoms with Crippen LogP contribution in [-0.4, -0.2) is 47.5 Å². The van der Waals surface area contributed by atoms with Crippen molar-refractivity contribution in [3.05, 3.63) is 54.9 Å². The van der Waals surface area contributed by atoms with E-state index in [0.29, 0.717) is 16.5 Å². The van der Waals surface area contributed by atoms with E-state index in [1.165, 1.54) is 12.3 Å². The summed E-state index contributed by atoms with van der Waals surface area (Å²) in [7, 11) is -4.42. The van der Waals surface area contributed by atoms with Crippen molar-refractivity contribution >= 4 is 67.5 Å². The van der Waals surface area contributed by atoms with E-state index in [1.807, 2.05) is 0 Å². The van der Waals surface area contributed by atoms with Gasteiger partial charge >= 0.3 is 29.6 Å². The van der Waals surface area contributed by atoms with Gasteiger partial charge in [-0.25, -0.2) is 0 Å². The monoisotopic (exact) mass is 352 g/mol. The summed E-state index contributed by atoms with van der Waals surface area (Å²) in [5, 5.41) is 8.76. The average Bonchev–Trinajstić information content (AvgIpc) is 2.54. The van der Waals surface area contributed by atoms with Crippen molar-refractivity contribution in [2.45, 2.75) is 4.90 Å². The van der Waals surface area contributed by atoms with Gasteiger partial charge in [-0.05, 0) is 18.2 Å². The molecule has 3 rings (SSSR count). The SMILES string of the molecule is Nc1c(/N=N/c2cccnc2)cc(S(=O)(=O)O)c2ccccc12.[NaH]. The minimum absolute atomic E-state index is 0. The van der Waals surface area contributed by atoms with Gasteiger partial charge in [-0.2, -0.15) is 8.42 Å². The Balaban J connectivity index is 0.00000208. The molecule has 1 aromatic heterocycles. The molecule has 118 valence electrons. The second-order valence-electron chi connectivity index (χ2n) is 4.74. The first-order chi connectivity index (χ1) is 11.0. The molecule has 0 spiro atoms. The van der Waals surface area contributed by atoms with Crippen LogP contribution in [0.3, 0.4) is 0 Å². The van der Waals surface area contributed by atoms with Gasteiger partial charge in [-0.3, -0.25) is 9.54 Å². The zero-order valence-corrected chi connectivity index (χ0v) is 12.6. The van der Waals surface area contributed by atoms with Crippen molar-refractivity contribution in [2.24, 2.45) is 10.2 Å². The Morgan fingerprint density at radius 3 is 2.38 bits per heavy atom. The number of rotatable bonds is 3. The standard InChI is InChI=1S/C15H12N4O3S.Na.H/c16-15-12-6-2-1-5-11(12)14(23(20,21)22)8-13(15)19-18-10-4-3-7-17-9-10;;/h1-9H,16H2,(H,20,21,22);;/b19-18+;;. The molecule has 3 aromatic rings. The first-order valence-electron chi connectivity index (χ1n) is 6.57. The first-order valence-corrected chi connectivity index (χ1v) is 8.01. The molecule has 0 atom stereocenters. The normalized spacial score (nSPS) is 11.5. The number of azo groups is 1. The van der Waals surface area contributed by atoms with Crippen LogP contribution in [0.15, 0.2) is 70.0 Å². The Bertz CT molecular complexity index is 1010. The van der Waals surface area contributed by atoms with E-state index in [1.54, 1.807) is 42.6 Å².